The van der Waals surface area contributed by atoms with Crippen LogP contribution in [0, 0.1) is 6.92 Å². The molecular formula is C15H22O2. The maximum absolute atomic E-state index is 9.82. The number of phenolic OH excluding ortho intramolecular Hbond substituents is 1. The normalized spacial score (nSPS) is 21.8. The first-order chi connectivity index (χ1) is 7.94. The molecule has 2 rings (SSSR count). The molecule has 2 nitrogen and oxygen atoms in total. The predicted molar refractivity (Wildman–Crippen MR) is 69.8 cm³/mol. The van der Waals surface area contributed by atoms with Crippen LogP contribution in [0.1, 0.15) is 51.2 Å². The van der Waals surface area contributed by atoms with Crippen molar-refractivity contribution in [2.45, 2.75) is 58.5 Å². The minimum Gasteiger partial charge on any atom is -0.508 e. The Morgan fingerprint density at radius 1 is 1.41 bits per heavy atom. The average molecular weight is 234 g/mol. The quantitative estimate of drug-likeness (QED) is 0.840. The van der Waals surface area contributed by atoms with Crippen LogP contribution in [0.4, 0.5) is 0 Å². The lowest BCUT2D eigenvalue weighted by molar-refractivity contribution is 0.125. The van der Waals surface area contributed by atoms with Crippen LogP contribution in [0.15, 0.2) is 12.1 Å². The number of phenols is 1. The monoisotopic (exact) mass is 234 g/mol. The molecule has 1 aliphatic heterocycles. The van der Waals surface area contributed by atoms with Crippen molar-refractivity contribution in [2.75, 3.05) is 0 Å². The molecule has 1 unspecified atom stereocenters. The Morgan fingerprint density at radius 2 is 2.12 bits per heavy atom. The van der Waals surface area contributed by atoms with Crippen molar-refractivity contribution < 1.29 is 9.84 Å². The third kappa shape index (κ3) is 2.26. The number of ether oxygens (including phenoxy) is 1. The zero-order chi connectivity index (χ0) is 12.6. The molecule has 1 aliphatic rings. The van der Waals surface area contributed by atoms with Gasteiger partial charge >= 0.3 is 0 Å². The van der Waals surface area contributed by atoms with Crippen molar-refractivity contribution >= 4 is 0 Å². The van der Waals surface area contributed by atoms with Crippen LogP contribution >= 0.6 is 0 Å². The van der Waals surface area contributed by atoms with E-state index in [9.17, 15) is 5.11 Å². The van der Waals surface area contributed by atoms with Crippen LogP contribution in [0.25, 0.3) is 0 Å². The molecule has 0 aliphatic carbocycles. The van der Waals surface area contributed by atoms with Gasteiger partial charge in [-0.3, -0.25) is 0 Å². The molecule has 2 heteroatoms. The van der Waals surface area contributed by atoms with Crippen LogP contribution in [0.2, 0.25) is 0 Å². The fourth-order valence-corrected chi connectivity index (χ4v) is 2.68. The largest absolute Gasteiger partial charge is 0.508 e. The molecular weight excluding hydrogens is 212 g/mol. The Kier molecular flexibility index (Phi) is 3.07. The highest BCUT2D eigenvalue weighted by atomic mass is 16.5. The van der Waals surface area contributed by atoms with E-state index in [1.165, 1.54) is 0 Å². The van der Waals surface area contributed by atoms with Gasteiger partial charge in [-0.25, -0.2) is 0 Å². The molecule has 17 heavy (non-hydrogen) atoms. The van der Waals surface area contributed by atoms with Crippen LogP contribution in [0.3, 0.4) is 0 Å². The van der Waals surface area contributed by atoms with Crippen molar-refractivity contribution in [3.8, 4) is 11.5 Å². The molecule has 0 bridgehead atoms. The van der Waals surface area contributed by atoms with Gasteiger partial charge in [0.25, 0.3) is 0 Å². The number of benzene rings is 1. The summed E-state index contributed by atoms with van der Waals surface area (Å²) < 4.78 is 6.03. The minimum absolute atomic E-state index is 0.0819. The van der Waals surface area contributed by atoms with E-state index in [1.54, 1.807) is 0 Å². The second-order valence-electron chi connectivity index (χ2n) is 5.75. The fourth-order valence-electron chi connectivity index (χ4n) is 2.68. The lowest BCUT2D eigenvalue weighted by atomic mass is 9.76. The summed E-state index contributed by atoms with van der Waals surface area (Å²) in [5.74, 6) is 1.32. The van der Waals surface area contributed by atoms with Crippen LogP contribution in [0.5, 0.6) is 11.5 Å². The summed E-state index contributed by atoms with van der Waals surface area (Å²) in [7, 11) is 0. The Hall–Kier alpha value is -1.18. The van der Waals surface area contributed by atoms with Crippen molar-refractivity contribution in [3.05, 3.63) is 23.3 Å². The van der Waals surface area contributed by atoms with E-state index in [-0.39, 0.29) is 5.41 Å². The molecule has 94 valence electrons. The number of fused-ring (bicyclic) bond motifs is 1. The van der Waals surface area contributed by atoms with E-state index in [0.717, 1.165) is 36.1 Å². The van der Waals surface area contributed by atoms with Gasteiger partial charge in [0, 0.05) is 5.56 Å². The Bertz CT molecular complexity index is 421. The van der Waals surface area contributed by atoms with Crippen LogP contribution < -0.4 is 4.74 Å². The van der Waals surface area contributed by atoms with Gasteiger partial charge in [0.1, 0.15) is 11.5 Å². The van der Waals surface area contributed by atoms with Gasteiger partial charge in [0.15, 0.2) is 0 Å². The van der Waals surface area contributed by atoms with Crippen molar-refractivity contribution in [3.63, 3.8) is 0 Å². The van der Waals surface area contributed by atoms with E-state index in [4.69, 9.17) is 4.74 Å². The van der Waals surface area contributed by atoms with Gasteiger partial charge in [0.2, 0.25) is 0 Å². The van der Waals surface area contributed by atoms with E-state index in [0.29, 0.717) is 11.9 Å². The fraction of sp³-hybridized carbons (Fsp3) is 0.600. The van der Waals surface area contributed by atoms with Crippen LogP contribution in [-0.2, 0) is 5.41 Å². The third-order valence-electron chi connectivity index (χ3n) is 3.67. The summed E-state index contributed by atoms with van der Waals surface area (Å²) in [6.45, 7) is 8.56. The van der Waals surface area contributed by atoms with Crippen LogP contribution in [-0.4, -0.2) is 11.2 Å². The maximum atomic E-state index is 9.82. The van der Waals surface area contributed by atoms with Gasteiger partial charge < -0.3 is 9.84 Å². The molecule has 1 heterocycles. The van der Waals surface area contributed by atoms with E-state index < -0.39 is 0 Å². The maximum Gasteiger partial charge on any atom is 0.123 e. The van der Waals surface area contributed by atoms with Crippen molar-refractivity contribution in [1.82, 2.24) is 0 Å². The second kappa shape index (κ2) is 4.25. The smallest absolute Gasteiger partial charge is 0.123 e. The van der Waals surface area contributed by atoms with Gasteiger partial charge in [-0.1, -0.05) is 27.2 Å². The zero-order valence-electron chi connectivity index (χ0n) is 11.2. The van der Waals surface area contributed by atoms with Gasteiger partial charge in [-0.05, 0) is 42.9 Å². The summed E-state index contributed by atoms with van der Waals surface area (Å²) in [6.07, 6.45) is 3.58. The lowest BCUT2D eigenvalue weighted by Gasteiger charge is -2.38. The highest BCUT2D eigenvalue weighted by Gasteiger charge is 2.34. The number of hydrogen-bond acceptors (Lipinski definition) is 2. The number of rotatable bonds is 2. The Labute approximate surface area is 104 Å². The highest BCUT2D eigenvalue weighted by Crippen LogP contribution is 2.44. The van der Waals surface area contributed by atoms with Gasteiger partial charge in [-0.2, -0.15) is 0 Å². The highest BCUT2D eigenvalue weighted by molar-refractivity contribution is 5.49. The first kappa shape index (κ1) is 12.3. The molecule has 0 saturated carbocycles. The third-order valence-corrected chi connectivity index (χ3v) is 3.67. The summed E-state index contributed by atoms with van der Waals surface area (Å²) >= 11 is 0. The van der Waals surface area contributed by atoms with Crippen molar-refractivity contribution in [2.24, 2.45) is 0 Å². The summed E-state index contributed by atoms with van der Waals surface area (Å²) in [5, 5.41) is 9.82. The predicted octanol–water partition coefficient (Wildman–Crippen LogP) is 3.93. The number of aromatic hydroxyl groups is 1. The van der Waals surface area contributed by atoms with E-state index in [1.807, 2.05) is 19.1 Å². The lowest BCUT2D eigenvalue weighted by Crippen LogP contribution is -2.34. The van der Waals surface area contributed by atoms with Crippen molar-refractivity contribution in [1.29, 1.82) is 0 Å². The Morgan fingerprint density at radius 3 is 2.76 bits per heavy atom. The van der Waals surface area contributed by atoms with E-state index in [2.05, 4.69) is 20.8 Å². The van der Waals surface area contributed by atoms with Gasteiger partial charge in [0.05, 0.1) is 6.10 Å². The van der Waals surface area contributed by atoms with Gasteiger partial charge in [-0.15, -0.1) is 0 Å². The zero-order valence-corrected chi connectivity index (χ0v) is 11.2. The van der Waals surface area contributed by atoms with E-state index >= 15 is 0 Å². The molecule has 1 atom stereocenters. The molecule has 1 aromatic carbocycles. The molecule has 1 N–H and O–H groups in total. The molecule has 0 fully saturated rings. The SMILES string of the molecule is CCCC1CC(C)(C)c2cc(O)c(C)cc2O1. The molecule has 1 aromatic rings. The average Bonchev–Trinajstić information content (AvgIpc) is 2.21. The standard InChI is InChI=1S/C15H22O2/c1-5-6-11-9-15(3,4)12-8-13(16)10(2)7-14(12)17-11/h7-8,11,16H,5-6,9H2,1-4H3. The second-order valence-corrected chi connectivity index (χ2v) is 5.75. The molecule has 0 amide bonds. The molecule has 0 aromatic heterocycles. The minimum atomic E-state index is 0.0819. The number of hydrogen-bond donors (Lipinski definition) is 1. The summed E-state index contributed by atoms with van der Waals surface area (Å²) in [6, 6.07) is 3.83. The summed E-state index contributed by atoms with van der Waals surface area (Å²) in [5.41, 5.74) is 2.10. The molecule has 0 spiro atoms. The molecule has 0 saturated heterocycles. The molecule has 0 radical (unpaired) electrons. The Balaban J connectivity index is 2.41. The topological polar surface area (TPSA) is 29.5 Å². The first-order valence-electron chi connectivity index (χ1n) is 6.45. The summed E-state index contributed by atoms with van der Waals surface area (Å²) in [4.78, 5) is 0. The number of aryl methyl sites for hydroxylation is 1. The first-order valence-corrected chi connectivity index (χ1v) is 6.45.